The van der Waals surface area contributed by atoms with Crippen molar-refractivity contribution in [1.82, 2.24) is 4.98 Å². The molecule has 0 atom stereocenters. The average Bonchev–Trinajstić information content (AvgIpc) is 2.42. The first kappa shape index (κ1) is 11.0. The Morgan fingerprint density at radius 2 is 1.44 bits per heavy atom. The van der Waals surface area contributed by atoms with Crippen molar-refractivity contribution >= 4 is 10.8 Å². The van der Waals surface area contributed by atoms with Crippen molar-refractivity contribution in [2.24, 2.45) is 0 Å². The summed E-state index contributed by atoms with van der Waals surface area (Å²) in [5.74, 6) is 0. The summed E-state index contributed by atoms with van der Waals surface area (Å²) in [4.78, 5) is 4.01. The highest BCUT2D eigenvalue weighted by Gasteiger charge is 1.94. The molecule has 3 nitrogen and oxygen atoms in total. The molecule has 0 saturated carbocycles. The van der Waals surface area contributed by atoms with Crippen LogP contribution < -0.4 is 0 Å². The molecular formula is C13H15NO2. The van der Waals surface area contributed by atoms with E-state index >= 15 is 0 Å². The highest BCUT2D eigenvalue weighted by Crippen LogP contribution is 2.09. The van der Waals surface area contributed by atoms with Crippen molar-refractivity contribution in [1.29, 1.82) is 0 Å². The highest BCUT2D eigenvalue weighted by atomic mass is 16.6. The zero-order valence-corrected chi connectivity index (χ0v) is 9.13. The fourth-order valence-corrected chi connectivity index (χ4v) is 1.47. The quantitative estimate of drug-likeness (QED) is 0.678. The number of pyridine rings is 1. The summed E-state index contributed by atoms with van der Waals surface area (Å²) in [5.41, 5.74) is 0. The lowest BCUT2D eigenvalue weighted by Gasteiger charge is -2.09. The fourth-order valence-electron chi connectivity index (χ4n) is 1.47. The second kappa shape index (κ2) is 6.20. The van der Waals surface area contributed by atoms with E-state index in [1.54, 1.807) is 0 Å². The number of rotatable bonds is 0. The zero-order chi connectivity index (χ0) is 11.1. The molecule has 1 aliphatic rings. The third-order valence-electron chi connectivity index (χ3n) is 2.29. The molecule has 16 heavy (non-hydrogen) atoms. The van der Waals surface area contributed by atoms with Gasteiger partial charge in [0.05, 0.1) is 26.4 Å². The number of nitrogens with zero attached hydrogens (tertiary/aromatic N) is 1. The van der Waals surface area contributed by atoms with Gasteiger partial charge in [-0.1, -0.05) is 24.3 Å². The maximum Gasteiger partial charge on any atom is 0.0701 e. The standard InChI is InChI=1S/C9H7N.C4H8O2/c1-2-4-9-7-10-6-5-8(9)3-1;1-2-6-4-3-5-1/h1-7H;1-4H2. The van der Waals surface area contributed by atoms with Gasteiger partial charge >= 0.3 is 0 Å². The topological polar surface area (TPSA) is 31.4 Å². The van der Waals surface area contributed by atoms with Gasteiger partial charge in [-0.25, -0.2) is 0 Å². The van der Waals surface area contributed by atoms with Gasteiger partial charge in [-0.15, -0.1) is 0 Å². The molecule has 84 valence electrons. The molecule has 3 rings (SSSR count). The van der Waals surface area contributed by atoms with E-state index in [9.17, 15) is 0 Å². The van der Waals surface area contributed by atoms with Gasteiger partial charge < -0.3 is 9.47 Å². The summed E-state index contributed by atoms with van der Waals surface area (Å²) in [6, 6.07) is 10.2. The normalized spacial score (nSPS) is 15.2. The van der Waals surface area contributed by atoms with E-state index < -0.39 is 0 Å². The molecule has 0 unspecified atom stereocenters. The number of hydrogen-bond donors (Lipinski definition) is 0. The summed E-state index contributed by atoms with van der Waals surface area (Å²) in [6.07, 6.45) is 3.68. The van der Waals surface area contributed by atoms with Crippen LogP contribution in [0.1, 0.15) is 0 Å². The van der Waals surface area contributed by atoms with Crippen molar-refractivity contribution in [3.05, 3.63) is 42.7 Å². The Morgan fingerprint density at radius 3 is 2.00 bits per heavy atom. The van der Waals surface area contributed by atoms with Gasteiger partial charge in [0.15, 0.2) is 0 Å². The molecule has 1 aromatic carbocycles. The molecule has 0 spiro atoms. The number of benzene rings is 1. The molecule has 0 radical (unpaired) electrons. The SMILES string of the molecule is C1COCCO1.c1ccc2cnccc2c1. The molecule has 0 amide bonds. The van der Waals surface area contributed by atoms with E-state index in [0.29, 0.717) is 0 Å². The minimum absolute atomic E-state index is 0.778. The first-order valence-corrected chi connectivity index (χ1v) is 5.41. The number of fused-ring (bicyclic) bond motifs is 1. The Hall–Kier alpha value is -1.45. The van der Waals surface area contributed by atoms with Gasteiger partial charge in [-0.05, 0) is 16.8 Å². The van der Waals surface area contributed by atoms with Gasteiger partial charge in [-0.3, -0.25) is 4.98 Å². The van der Waals surface area contributed by atoms with Crippen molar-refractivity contribution in [2.75, 3.05) is 26.4 Å². The van der Waals surface area contributed by atoms with Crippen molar-refractivity contribution < 1.29 is 9.47 Å². The number of aromatic nitrogens is 1. The molecule has 0 aliphatic carbocycles. The van der Waals surface area contributed by atoms with Gasteiger partial charge in [0.1, 0.15) is 0 Å². The molecule has 0 bridgehead atoms. The largest absolute Gasteiger partial charge is 0.377 e. The van der Waals surface area contributed by atoms with Crippen LogP contribution in [0, 0.1) is 0 Å². The van der Waals surface area contributed by atoms with Gasteiger partial charge in [-0.2, -0.15) is 0 Å². The first-order valence-electron chi connectivity index (χ1n) is 5.41. The molecule has 1 aromatic heterocycles. The van der Waals surface area contributed by atoms with Crippen molar-refractivity contribution in [3.63, 3.8) is 0 Å². The Balaban J connectivity index is 0.000000138. The van der Waals surface area contributed by atoms with E-state index in [1.165, 1.54) is 10.8 Å². The van der Waals surface area contributed by atoms with Crippen LogP contribution in [0.5, 0.6) is 0 Å². The van der Waals surface area contributed by atoms with E-state index in [-0.39, 0.29) is 0 Å². The van der Waals surface area contributed by atoms with Gasteiger partial charge in [0.2, 0.25) is 0 Å². The lowest BCUT2D eigenvalue weighted by molar-refractivity contribution is -0.0334. The van der Waals surface area contributed by atoms with Crippen LogP contribution in [0.15, 0.2) is 42.7 Å². The summed E-state index contributed by atoms with van der Waals surface area (Å²) in [5, 5.41) is 2.45. The van der Waals surface area contributed by atoms with Crippen LogP contribution in [0.4, 0.5) is 0 Å². The van der Waals surface area contributed by atoms with E-state index in [0.717, 1.165) is 26.4 Å². The maximum absolute atomic E-state index is 4.94. The van der Waals surface area contributed by atoms with Crippen molar-refractivity contribution in [2.45, 2.75) is 0 Å². The third-order valence-corrected chi connectivity index (χ3v) is 2.29. The molecule has 2 aromatic rings. The fraction of sp³-hybridized carbons (Fsp3) is 0.308. The monoisotopic (exact) mass is 217 g/mol. The summed E-state index contributed by atoms with van der Waals surface area (Å²) >= 11 is 0. The minimum Gasteiger partial charge on any atom is -0.377 e. The van der Waals surface area contributed by atoms with Gasteiger partial charge in [0.25, 0.3) is 0 Å². The van der Waals surface area contributed by atoms with E-state index in [2.05, 4.69) is 17.1 Å². The average molecular weight is 217 g/mol. The Labute approximate surface area is 95.0 Å². The van der Waals surface area contributed by atoms with Crippen LogP contribution >= 0.6 is 0 Å². The summed E-state index contributed by atoms with van der Waals surface area (Å²) in [7, 11) is 0. The third kappa shape index (κ3) is 3.29. The highest BCUT2D eigenvalue weighted by molar-refractivity contribution is 5.80. The summed E-state index contributed by atoms with van der Waals surface area (Å²) in [6.45, 7) is 3.11. The number of hydrogen-bond acceptors (Lipinski definition) is 3. The second-order valence-corrected chi connectivity index (χ2v) is 3.45. The van der Waals surface area contributed by atoms with Crippen LogP contribution in [0.25, 0.3) is 10.8 Å². The van der Waals surface area contributed by atoms with E-state index in [4.69, 9.17) is 9.47 Å². The van der Waals surface area contributed by atoms with Crippen LogP contribution in [0.3, 0.4) is 0 Å². The Morgan fingerprint density at radius 1 is 0.812 bits per heavy atom. The van der Waals surface area contributed by atoms with Gasteiger partial charge in [0, 0.05) is 12.4 Å². The lowest BCUT2D eigenvalue weighted by Crippen LogP contribution is -2.16. The lowest BCUT2D eigenvalue weighted by atomic mass is 10.2. The molecule has 1 saturated heterocycles. The zero-order valence-electron chi connectivity index (χ0n) is 9.13. The van der Waals surface area contributed by atoms with Crippen LogP contribution in [-0.4, -0.2) is 31.4 Å². The molecule has 0 N–H and O–H groups in total. The smallest absolute Gasteiger partial charge is 0.0701 e. The molecule has 1 aliphatic heterocycles. The second-order valence-electron chi connectivity index (χ2n) is 3.45. The molecule has 2 heterocycles. The minimum atomic E-state index is 0.778. The molecular weight excluding hydrogens is 202 g/mol. The summed E-state index contributed by atoms with van der Waals surface area (Å²) < 4.78 is 9.89. The maximum atomic E-state index is 4.94. The Kier molecular flexibility index (Phi) is 4.28. The predicted molar refractivity (Wildman–Crippen MR) is 63.4 cm³/mol. The van der Waals surface area contributed by atoms with Crippen LogP contribution in [0.2, 0.25) is 0 Å². The molecule has 3 heteroatoms. The number of ether oxygens (including phenoxy) is 2. The molecule has 1 fully saturated rings. The van der Waals surface area contributed by atoms with Crippen molar-refractivity contribution in [3.8, 4) is 0 Å². The predicted octanol–water partition coefficient (Wildman–Crippen LogP) is 2.27. The van der Waals surface area contributed by atoms with Crippen LogP contribution in [-0.2, 0) is 9.47 Å². The Bertz CT molecular complexity index is 350. The first-order chi connectivity index (χ1) is 7.97. The van der Waals surface area contributed by atoms with E-state index in [1.807, 2.05) is 30.6 Å².